The quantitative estimate of drug-likeness (QED) is 0.891. The Bertz CT molecular complexity index is 547. The lowest BCUT2D eigenvalue weighted by Crippen LogP contribution is -2.00. The lowest BCUT2D eigenvalue weighted by molar-refractivity contribution is 0.395. The highest BCUT2D eigenvalue weighted by Gasteiger charge is 2.09. The molecule has 0 aromatic heterocycles. The van der Waals surface area contributed by atoms with Crippen molar-refractivity contribution in [2.45, 2.75) is 6.54 Å². The van der Waals surface area contributed by atoms with Gasteiger partial charge in [-0.25, -0.2) is 8.78 Å². The molecule has 0 radical (unpaired) electrons. The Hall–Kier alpha value is -2.30. The molecule has 100 valence electrons. The fraction of sp³-hybridized carbons (Fsp3) is 0.143. The van der Waals surface area contributed by atoms with Crippen molar-refractivity contribution in [1.82, 2.24) is 0 Å². The second-order valence-corrected chi connectivity index (χ2v) is 3.99. The van der Waals surface area contributed by atoms with Crippen molar-refractivity contribution < 1.29 is 18.6 Å². The van der Waals surface area contributed by atoms with Gasteiger partial charge < -0.3 is 15.2 Å². The molecule has 19 heavy (non-hydrogen) atoms. The number of nitrogens with one attached hydrogen (secondary N) is 1. The number of halogens is 2. The fourth-order valence-electron chi connectivity index (χ4n) is 1.63. The van der Waals surface area contributed by atoms with E-state index in [-0.39, 0.29) is 6.54 Å². The van der Waals surface area contributed by atoms with E-state index in [1.165, 1.54) is 0 Å². The number of anilines is 1. The van der Waals surface area contributed by atoms with Crippen LogP contribution in [0.1, 0.15) is 5.56 Å². The maximum atomic E-state index is 13.1. The Balaban J connectivity index is 2.05. The van der Waals surface area contributed by atoms with Gasteiger partial charge in [0.15, 0.2) is 17.4 Å². The average Bonchev–Trinajstić information content (AvgIpc) is 2.43. The number of rotatable bonds is 4. The Morgan fingerprint density at radius 2 is 1.68 bits per heavy atom. The summed E-state index contributed by atoms with van der Waals surface area (Å²) < 4.78 is 31.3. The second kappa shape index (κ2) is 5.56. The van der Waals surface area contributed by atoms with Crippen molar-refractivity contribution in [2.75, 3.05) is 12.4 Å². The van der Waals surface area contributed by atoms with Gasteiger partial charge >= 0.3 is 0 Å². The zero-order valence-corrected chi connectivity index (χ0v) is 10.3. The lowest BCUT2D eigenvalue weighted by atomic mass is 10.2. The van der Waals surface area contributed by atoms with Gasteiger partial charge in [0.2, 0.25) is 0 Å². The number of benzene rings is 2. The first-order chi connectivity index (χ1) is 9.10. The number of phenolic OH excluding ortho intramolecular Hbond substituents is 1. The van der Waals surface area contributed by atoms with Gasteiger partial charge in [0.05, 0.1) is 7.11 Å². The van der Waals surface area contributed by atoms with Gasteiger partial charge in [-0.3, -0.25) is 0 Å². The summed E-state index contributed by atoms with van der Waals surface area (Å²) in [4.78, 5) is 0. The molecule has 0 saturated carbocycles. The summed E-state index contributed by atoms with van der Waals surface area (Å²) in [5.41, 5.74) is 1.21. The minimum Gasteiger partial charge on any atom is -0.503 e. The topological polar surface area (TPSA) is 41.5 Å². The zero-order valence-electron chi connectivity index (χ0n) is 10.3. The van der Waals surface area contributed by atoms with Gasteiger partial charge in [0.1, 0.15) is 5.75 Å². The van der Waals surface area contributed by atoms with E-state index in [0.29, 0.717) is 5.56 Å². The van der Waals surface area contributed by atoms with Crippen LogP contribution in [0.2, 0.25) is 0 Å². The summed E-state index contributed by atoms with van der Waals surface area (Å²) in [7, 11) is 1.57. The molecular weight excluding hydrogens is 252 g/mol. The van der Waals surface area contributed by atoms with Gasteiger partial charge in [-0.1, -0.05) is 0 Å². The van der Waals surface area contributed by atoms with E-state index in [9.17, 15) is 8.78 Å². The first-order valence-corrected chi connectivity index (χ1v) is 5.65. The highest BCUT2D eigenvalue weighted by molar-refractivity contribution is 5.47. The first kappa shape index (κ1) is 13.1. The average molecular weight is 265 g/mol. The third-order valence-electron chi connectivity index (χ3n) is 2.66. The van der Waals surface area contributed by atoms with Crippen molar-refractivity contribution in [3.05, 3.63) is 53.6 Å². The molecule has 3 nitrogen and oxygen atoms in total. The van der Waals surface area contributed by atoms with Crippen LogP contribution < -0.4 is 10.1 Å². The third kappa shape index (κ3) is 3.13. The van der Waals surface area contributed by atoms with Gasteiger partial charge in [-0.2, -0.15) is 0 Å². The number of methoxy groups -OCH3 is 1. The van der Waals surface area contributed by atoms with Crippen molar-refractivity contribution >= 4 is 5.69 Å². The number of hydrogen-bond donors (Lipinski definition) is 2. The predicted molar refractivity (Wildman–Crippen MR) is 68.3 cm³/mol. The summed E-state index contributed by atoms with van der Waals surface area (Å²) in [6.07, 6.45) is 0. The molecule has 2 N–H and O–H groups in total. The predicted octanol–water partition coefficient (Wildman–Crippen LogP) is 3.29. The summed E-state index contributed by atoms with van der Waals surface area (Å²) >= 11 is 0. The highest BCUT2D eigenvalue weighted by atomic mass is 19.1. The van der Waals surface area contributed by atoms with Crippen LogP contribution in [0.4, 0.5) is 14.5 Å². The molecule has 0 unspecified atom stereocenters. The molecule has 2 aromatic carbocycles. The Morgan fingerprint density at radius 1 is 1.11 bits per heavy atom. The molecule has 2 rings (SSSR count). The van der Waals surface area contributed by atoms with E-state index in [4.69, 9.17) is 9.84 Å². The Kier molecular flexibility index (Phi) is 3.85. The summed E-state index contributed by atoms with van der Waals surface area (Å²) in [5.74, 6) is -2.15. The monoisotopic (exact) mass is 265 g/mol. The van der Waals surface area contributed by atoms with Crippen molar-refractivity contribution in [3.8, 4) is 11.5 Å². The first-order valence-electron chi connectivity index (χ1n) is 5.65. The van der Waals surface area contributed by atoms with Crippen LogP contribution >= 0.6 is 0 Å². The standard InChI is InChI=1S/C14H13F2NO2/c1-19-11-4-2-10(3-5-11)17-8-9-6-12(15)14(18)13(16)7-9/h2-7,17-18H,8H2,1H3. The smallest absolute Gasteiger partial charge is 0.187 e. The van der Waals surface area contributed by atoms with E-state index in [1.54, 1.807) is 31.4 Å². The van der Waals surface area contributed by atoms with Crippen LogP contribution in [-0.4, -0.2) is 12.2 Å². The third-order valence-corrected chi connectivity index (χ3v) is 2.66. The van der Waals surface area contributed by atoms with E-state index >= 15 is 0 Å². The van der Waals surface area contributed by atoms with Crippen molar-refractivity contribution in [2.24, 2.45) is 0 Å². The summed E-state index contributed by atoms with van der Waals surface area (Å²) in [6, 6.07) is 9.34. The molecule has 0 amide bonds. The highest BCUT2D eigenvalue weighted by Crippen LogP contribution is 2.22. The molecule has 0 bridgehead atoms. The fourth-order valence-corrected chi connectivity index (χ4v) is 1.63. The van der Waals surface area contributed by atoms with Crippen molar-refractivity contribution in [3.63, 3.8) is 0 Å². The normalized spacial score (nSPS) is 10.3. The van der Waals surface area contributed by atoms with E-state index < -0.39 is 17.4 Å². The minimum absolute atomic E-state index is 0.250. The summed E-state index contributed by atoms with van der Waals surface area (Å²) in [6.45, 7) is 0.250. The van der Waals surface area contributed by atoms with Gasteiger partial charge in [-0.15, -0.1) is 0 Å². The number of aromatic hydroxyl groups is 1. The molecule has 0 fully saturated rings. The number of ether oxygens (including phenoxy) is 1. The maximum absolute atomic E-state index is 13.1. The second-order valence-electron chi connectivity index (χ2n) is 3.99. The van der Waals surface area contributed by atoms with Gasteiger partial charge in [0.25, 0.3) is 0 Å². The van der Waals surface area contributed by atoms with Crippen LogP contribution in [0.5, 0.6) is 11.5 Å². The van der Waals surface area contributed by atoms with E-state index in [0.717, 1.165) is 23.6 Å². The molecular formula is C14H13F2NO2. The van der Waals surface area contributed by atoms with Crippen LogP contribution in [0.25, 0.3) is 0 Å². The molecule has 0 aliphatic heterocycles. The molecule has 0 heterocycles. The largest absolute Gasteiger partial charge is 0.503 e. The summed E-state index contributed by atoms with van der Waals surface area (Å²) in [5, 5.41) is 12.0. The SMILES string of the molecule is COc1ccc(NCc2cc(F)c(O)c(F)c2)cc1. The van der Waals surface area contributed by atoms with Gasteiger partial charge in [0, 0.05) is 12.2 Å². The molecule has 0 saturated heterocycles. The van der Waals surface area contributed by atoms with Crippen molar-refractivity contribution in [1.29, 1.82) is 0 Å². The molecule has 2 aromatic rings. The van der Waals surface area contributed by atoms with Crippen LogP contribution in [-0.2, 0) is 6.54 Å². The molecule has 5 heteroatoms. The molecule has 0 atom stereocenters. The Morgan fingerprint density at radius 3 is 2.21 bits per heavy atom. The maximum Gasteiger partial charge on any atom is 0.187 e. The number of phenols is 1. The van der Waals surface area contributed by atoms with E-state index in [1.807, 2.05) is 0 Å². The molecule has 0 aliphatic rings. The van der Waals surface area contributed by atoms with E-state index in [2.05, 4.69) is 5.32 Å². The number of hydrogen-bond acceptors (Lipinski definition) is 3. The lowest BCUT2D eigenvalue weighted by Gasteiger charge is -2.08. The minimum atomic E-state index is -0.966. The van der Waals surface area contributed by atoms with Gasteiger partial charge in [-0.05, 0) is 42.0 Å². The Labute approximate surface area is 109 Å². The molecule has 0 spiro atoms. The molecule has 0 aliphatic carbocycles. The van der Waals surface area contributed by atoms with Crippen LogP contribution in [0, 0.1) is 11.6 Å². The van der Waals surface area contributed by atoms with Crippen LogP contribution in [0.15, 0.2) is 36.4 Å². The van der Waals surface area contributed by atoms with Crippen LogP contribution in [0.3, 0.4) is 0 Å². The zero-order chi connectivity index (χ0) is 13.8.